The molecular formula is C13H15NO4. The average molecular weight is 249 g/mol. The van der Waals surface area contributed by atoms with Gasteiger partial charge in [0, 0.05) is 6.20 Å². The van der Waals surface area contributed by atoms with E-state index in [0.29, 0.717) is 12.4 Å². The van der Waals surface area contributed by atoms with E-state index in [-0.39, 0.29) is 5.75 Å². The summed E-state index contributed by atoms with van der Waals surface area (Å²) in [5.74, 6) is 0.407. The van der Waals surface area contributed by atoms with Crippen LogP contribution in [0.3, 0.4) is 0 Å². The van der Waals surface area contributed by atoms with Crippen LogP contribution in [-0.2, 0) is 4.74 Å². The van der Waals surface area contributed by atoms with Crippen molar-refractivity contribution >= 4 is 12.2 Å². The Kier molecular flexibility index (Phi) is 5.31. The Bertz CT molecular complexity index is 454. The predicted molar refractivity (Wildman–Crippen MR) is 68.4 cm³/mol. The molecule has 0 spiro atoms. The number of amides is 1. The smallest absolute Gasteiger partial charge is 0.410 e. The maximum Gasteiger partial charge on any atom is 0.410 e. The van der Waals surface area contributed by atoms with Gasteiger partial charge in [0.25, 0.3) is 0 Å². The van der Waals surface area contributed by atoms with E-state index < -0.39 is 6.09 Å². The van der Waals surface area contributed by atoms with Crippen molar-refractivity contribution in [2.75, 3.05) is 13.7 Å². The van der Waals surface area contributed by atoms with Crippen molar-refractivity contribution in [1.29, 1.82) is 0 Å². The number of phenolic OH excluding ortho intramolecular Hbond substituents is 1. The first-order valence-corrected chi connectivity index (χ1v) is 5.25. The van der Waals surface area contributed by atoms with Crippen LogP contribution in [-0.4, -0.2) is 24.9 Å². The van der Waals surface area contributed by atoms with Crippen LogP contribution in [0.2, 0.25) is 0 Å². The highest BCUT2D eigenvalue weighted by atomic mass is 16.5. The minimum absolute atomic E-state index is 0.0509. The van der Waals surface area contributed by atoms with Crippen LogP contribution >= 0.6 is 0 Å². The Hall–Kier alpha value is -2.43. The Balaban J connectivity index is 2.71. The standard InChI is InChI=1S/C13H15NO4/c1-3-8-18-12-9-10(4-5-11(12)15)6-7-14-13(16)17-2/h3-7,9,15H,1,8H2,2H3,(H,14,16). The Morgan fingerprint density at radius 2 is 2.33 bits per heavy atom. The average Bonchev–Trinajstić information content (AvgIpc) is 2.38. The second-order valence-corrected chi connectivity index (χ2v) is 3.30. The zero-order valence-corrected chi connectivity index (χ0v) is 10.1. The van der Waals surface area contributed by atoms with Gasteiger partial charge in [-0.1, -0.05) is 18.7 Å². The molecule has 0 saturated carbocycles. The van der Waals surface area contributed by atoms with E-state index in [1.165, 1.54) is 19.4 Å². The van der Waals surface area contributed by atoms with Gasteiger partial charge in [0.1, 0.15) is 6.61 Å². The molecule has 1 rings (SSSR count). The normalized spacial score (nSPS) is 10.1. The van der Waals surface area contributed by atoms with E-state index in [9.17, 15) is 9.90 Å². The fourth-order valence-electron chi connectivity index (χ4n) is 1.16. The van der Waals surface area contributed by atoms with E-state index in [1.54, 1.807) is 24.3 Å². The number of rotatable bonds is 5. The molecule has 0 bridgehead atoms. The molecule has 5 heteroatoms. The van der Waals surface area contributed by atoms with Crippen molar-refractivity contribution in [2.24, 2.45) is 0 Å². The van der Waals surface area contributed by atoms with Crippen LogP contribution in [0.4, 0.5) is 4.79 Å². The molecule has 0 heterocycles. The molecular weight excluding hydrogens is 234 g/mol. The van der Waals surface area contributed by atoms with Gasteiger partial charge >= 0.3 is 6.09 Å². The monoisotopic (exact) mass is 249 g/mol. The zero-order chi connectivity index (χ0) is 13.4. The van der Waals surface area contributed by atoms with Crippen LogP contribution in [0.15, 0.2) is 37.1 Å². The summed E-state index contributed by atoms with van der Waals surface area (Å²) in [6.45, 7) is 3.83. The first-order chi connectivity index (χ1) is 8.67. The number of aromatic hydroxyl groups is 1. The number of carbonyl (C=O) groups is 1. The lowest BCUT2D eigenvalue weighted by atomic mass is 10.2. The Labute approximate surface area is 105 Å². The summed E-state index contributed by atoms with van der Waals surface area (Å²) in [7, 11) is 1.28. The highest BCUT2D eigenvalue weighted by molar-refractivity contribution is 5.69. The minimum Gasteiger partial charge on any atom is -0.504 e. The predicted octanol–water partition coefficient (Wildman–Crippen LogP) is 2.28. The molecule has 96 valence electrons. The molecule has 1 aromatic carbocycles. The van der Waals surface area contributed by atoms with Gasteiger partial charge in [-0.05, 0) is 23.8 Å². The number of hydrogen-bond donors (Lipinski definition) is 2. The molecule has 0 aliphatic carbocycles. The maximum atomic E-state index is 10.8. The van der Waals surface area contributed by atoms with Gasteiger partial charge in [-0.3, -0.25) is 5.32 Å². The molecule has 0 unspecified atom stereocenters. The van der Waals surface area contributed by atoms with Crippen LogP contribution in [0.5, 0.6) is 11.5 Å². The van der Waals surface area contributed by atoms with Gasteiger partial charge in [-0.25, -0.2) is 4.79 Å². The SMILES string of the molecule is C=CCOc1cc(C=CNC(=O)OC)ccc1O. The summed E-state index contributed by atoms with van der Waals surface area (Å²) < 4.78 is 9.67. The number of hydrogen-bond acceptors (Lipinski definition) is 4. The van der Waals surface area contributed by atoms with Crippen molar-refractivity contribution < 1.29 is 19.4 Å². The minimum atomic E-state index is -0.548. The second kappa shape index (κ2) is 7.01. The van der Waals surface area contributed by atoms with Crippen LogP contribution in [0, 0.1) is 0 Å². The first kappa shape index (κ1) is 13.6. The lowest BCUT2D eigenvalue weighted by Gasteiger charge is -2.06. The lowest BCUT2D eigenvalue weighted by Crippen LogP contribution is -2.15. The molecule has 0 aromatic heterocycles. The van der Waals surface area contributed by atoms with Crippen molar-refractivity contribution in [3.05, 3.63) is 42.6 Å². The fraction of sp³-hybridized carbons (Fsp3) is 0.154. The number of methoxy groups -OCH3 is 1. The van der Waals surface area contributed by atoms with Crippen molar-refractivity contribution in [1.82, 2.24) is 5.32 Å². The lowest BCUT2D eigenvalue weighted by molar-refractivity contribution is 0.175. The number of alkyl carbamates (subject to hydrolysis) is 1. The Morgan fingerprint density at radius 1 is 1.56 bits per heavy atom. The topological polar surface area (TPSA) is 67.8 Å². The maximum absolute atomic E-state index is 10.8. The van der Waals surface area contributed by atoms with E-state index >= 15 is 0 Å². The summed E-state index contributed by atoms with van der Waals surface area (Å²) in [6.07, 6.45) is 4.13. The van der Waals surface area contributed by atoms with Crippen molar-refractivity contribution in [2.45, 2.75) is 0 Å². The van der Waals surface area contributed by atoms with Crippen LogP contribution in [0.1, 0.15) is 5.56 Å². The molecule has 18 heavy (non-hydrogen) atoms. The third-order valence-corrected chi connectivity index (χ3v) is 2.00. The van der Waals surface area contributed by atoms with Crippen LogP contribution in [0.25, 0.3) is 6.08 Å². The van der Waals surface area contributed by atoms with E-state index in [2.05, 4.69) is 16.6 Å². The van der Waals surface area contributed by atoms with Gasteiger partial charge in [-0.2, -0.15) is 0 Å². The molecule has 2 N–H and O–H groups in total. The molecule has 1 amide bonds. The van der Waals surface area contributed by atoms with Crippen molar-refractivity contribution in [3.8, 4) is 11.5 Å². The molecule has 0 aliphatic rings. The summed E-state index contributed by atoms with van der Waals surface area (Å²) >= 11 is 0. The second-order valence-electron chi connectivity index (χ2n) is 3.30. The number of ether oxygens (including phenoxy) is 2. The molecule has 0 saturated heterocycles. The first-order valence-electron chi connectivity index (χ1n) is 5.25. The zero-order valence-electron chi connectivity index (χ0n) is 10.1. The van der Waals surface area contributed by atoms with Crippen LogP contribution < -0.4 is 10.1 Å². The fourth-order valence-corrected chi connectivity index (χ4v) is 1.16. The third kappa shape index (κ3) is 4.21. The highest BCUT2D eigenvalue weighted by Crippen LogP contribution is 2.27. The molecule has 0 atom stereocenters. The van der Waals surface area contributed by atoms with Crippen molar-refractivity contribution in [3.63, 3.8) is 0 Å². The number of benzene rings is 1. The quantitative estimate of drug-likeness (QED) is 0.785. The molecule has 1 aromatic rings. The third-order valence-electron chi connectivity index (χ3n) is 2.00. The van der Waals surface area contributed by atoms with E-state index in [0.717, 1.165) is 5.56 Å². The number of carbonyl (C=O) groups excluding carboxylic acids is 1. The molecule has 0 aliphatic heterocycles. The summed E-state index contributed by atoms with van der Waals surface area (Å²) in [5, 5.41) is 11.9. The van der Waals surface area contributed by atoms with E-state index in [4.69, 9.17) is 4.74 Å². The van der Waals surface area contributed by atoms with Gasteiger partial charge in [0.2, 0.25) is 0 Å². The van der Waals surface area contributed by atoms with Gasteiger partial charge in [-0.15, -0.1) is 0 Å². The van der Waals surface area contributed by atoms with Gasteiger partial charge in [0.05, 0.1) is 7.11 Å². The summed E-state index contributed by atoms with van der Waals surface area (Å²) in [5.41, 5.74) is 0.767. The summed E-state index contributed by atoms with van der Waals surface area (Å²) in [4.78, 5) is 10.8. The number of nitrogens with one attached hydrogen (secondary N) is 1. The Morgan fingerprint density at radius 3 is 3.00 bits per heavy atom. The van der Waals surface area contributed by atoms with E-state index in [1.807, 2.05) is 0 Å². The highest BCUT2D eigenvalue weighted by Gasteiger charge is 2.01. The largest absolute Gasteiger partial charge is 0.504 e. The number of phenols is 1. The molecule has 0 fully saturated rings. The summed E-state index contributed by atoms with van der Waals surface area (Å²) in [6, 6.07) is 4.84. The molecule has 5 nitrogen and oxygen atoms in total. The van der Waals surface area contributed by atoms with Gasteiger partial charge in [0.15, 0.2) is 11.5 Å². The van der Waals surface area contributed by atoms with Gasteiger partial charge < -0.3 is 14.6 Å². The molecule has 0 radical (unpaired) electrons.